The molecule has 7 heteroatoms. The van der Waals surface area contributed by atoms with Crippen LogP contribution in [0.15, 0.2) is 12.3 Å². The average Bonchev–Trinajstić information content (AvgIpc) is 3.04. The minimum absolute atomic E-state index is 0.351. The molecule has 2 heterocycles. The van der Waals surface area contributed by atoms with E-state index in [-0.39, 0.29) is 0 Å². The molecule has 0 saturated heterocycles. The van der Waals surface area contributed by atoms with Gasteiger partial charge < -0.3 is 5.73 Å². The lowest BCUT2D eigenvalue weighted by Crippen LogP contribution is -2.24. The van der Waals surface area contributed by atoms with Gasteiger partial charge in [-0.3, -0.25) is 14.7 Å². The molecule has 0 unspecified atom stereocenters. The Labute approximate surface area is 167 Å². The Bertz CT molecular complexity index is 571. The number of hydrogen-bond donors (Lipinski definition) is 1. The summed E-state index contributed by atoms with van der Waals surface area (Å²) in [5.74, 6) is -1.41. The number of rotatable bonds is 1. The van der Waals surface area contributed by atoms with Gasteiger partial charge in [0.2, 0.25) is 5.91 Å². The van der Waals surface area contributed by atoms with Gasteiger partial charge in [0.1, 0.15) is 0 Å². The maximum Gasteiger partial charge on any atom is 0.391 e. The van der Waals surface area contributed by atoms with Crippen molar-refractivity contribution in [2.45, 2.75) is 85.5 Å². The first-order chi connectivity index (χ1) is 13.2. The van der Waals surface area contributed by atoms with Crippen molar-refractivity contribution in [2.24, 2.45) is 11.7 Å². The number of nitrogens with zero attached hydrogens (tertiary/aromatic N) is 2. The predicted molar refractivity (Wildman–Crippen MR) is 108 cm³/mol. The Morgan fingerprint density at radius 2 is 1.71 bits per heavy atom. The zero-order valence-corrected chi connectivity index (χ0v) is 17.9. The van der Waals surface area contributed by atoms with Crippen molar-refractivity contribution in [1.29, 1.82) is 0 Å². The van der Waals surface area contributed by atoms with E-state index in [9.17, 15) is 18.0 Å². The summed E-state index contributed by atoms with van der Waals surface area (Å²) in [6, 6.07) is 1.83. The average molecular weight is 404 g/mol. The molecule has 162 valence electrons. The number of hydrogen-bond acceptors (Lipinski definition) is 3. The normalized spacial score (nSPS) is 16.4. The first kappa shape index (κ1) is 26.4. The molecule has 3 rings (SSSR count). The number of amides is 1. The molecule has 1 fully saturated rings. The molecule has 2 N–H and O–H groups in total. The highest BCUT2D eigenvalue weighted by Gasteiger charge is 2.39. The van der Waals surface area contributed by atoms with Crippen molar-refractivity contribution >= 4 is 5.91 Å². The van der Waals surface area contributed by atoms with Crippen molar-refractivity contribution < 1.29 is 18.0 Å². The molecule has 1 aliphatic heterocycles. The number of fused-ring (bicyclic) bond motifs is 1. The Hall–Kier alpha value is -1.63. The van der Waals surface area contributed by atoms with Gasteiger partial charge in [0.15, 0.2) is 0 Å². The van der Waals surface area contributed by atoms with Crippen LogP contribution in [-0.2, 0) is 13.1 Å². The molecule has 2 aliphatic rings. The Morgan fingerprint density at radius 3 is 2.14 bits per heavy atom. The molecule has 1 saturated carbocycles. The van der Waals surface area contributed by atoms with E-state index in [2.05, 4.69) is 23.7 Å². The van der Waals surface area contributed by atoms with Crippen LogP contribution in [0.1, 0.15) is 87.8 Å². The molecule has 1 aromatic heterocycles. The van der Waals surface area contributed by atoms with Gasteiger partial charge in [-0.25, -0.2) is 0 Å². The van der Waals surface area contributed by atoms with Crippen LogP contribution in [0.4, 0.5) is 13.2 Å². The molecule has 0 radical (unpaired) electrons. The number of aromatic nitrogens is 1. The monoisotopic (exact) mass is 403 g/mol. The minimum Gasteiger partial charge on any atom is -0.366 e. The lowest BCUT2D eigenvalue weighted by molar-refractivity contribution is -0.181. The van der Waals surface area contributed by atoms with Crippen molar-refractivity contribution in [2.75, 3.05) is 7.05 Å². The van der Waals surface area contributed by atoms with Gasteiger partial charge in [-0.15, -0.1) is 0 Å². The fourth-order valence-electron chi connectivity index (χ4n) is 2.98. The van der Waals surface area contributed by atoms with Crippen LogP contribution in [0.3, 0.4) is 0 Å². The number of carbonyl (C=O) groups excluding carboxylic acids is 1. The largest absolute Gasteiger partial charge is 0.391 e. The van der Waals surface area contributed by atoms with Crippen molar-refractivity contribution in [1.82, 2.24) is 9.88 Å². The maximum atomic E-state index is 11.9. The van der Waals surface area contributed by atoms with E-state index in [0.717, 1.165) is 43.6 Å². The van der Waals surface area contributed by atoms with E-state index in [4.69, 9.17) is 5.73 Å². The summed E-state index contributed by atoms with van der Waals surface area (Å²) in [7, 11) is 2.02. The highest BCUT2D eigenvalue weighted by atomic mass is 19.4. The van der Waals surface area contributed by atoms with E-state index in [1.807, 2.05) is 27.0 Å². The lowest BCUT2D eigenvalue weighted by Gasteiger charge is -2.23. The van der Waals surface area contributed by atoms with Crippen molar-refractivity contribution in [3.8, 4) is 0 Å². The van der Waals surface area contributed by atoms with Gasteiger partial charge >= 0.3 is 6.18 Å². The second-order valence-electron chi connectivity index (χ2n) is 6.95. The van der Waals surface area contributed by atoms with Gasteiger partial charge in [-0.05, 0) is 31.5 Å². The summed E-state index contributed by atoms with van der Waals surface area (Å²) in [5.41, 5.74) is 7.80. The van der Waals surface area contributed by atoms with Gasteiger partial charge in [-0.2, -0.15) is 13.2 Å². The molecule has 0 aromatic carbocycles. The molecular formula is C21H36F3N3O. The van der Waals surface area contributed by atoms with E-state index in [1.54, 1.807) is 6.20 Å². The molecular weight excluding hydrogens is 367 g/mol. The van der Waals surface area contributed by atoms with Crippen LogP contribution in [-0.4, -0.2) is 29.0 Å². The molecule has 28 heavy (non-hydrogen) atoms. The molecule has 0 bridgehead atoms. The minimum atomic E-state index is -3.93. The molecule has 1 aliphatic carbocycles. The maximum absolute atomic E-state index is 11.9. The molecule has 4 nitrogen and oxygen atoms in total. The number of primary amides is 1. The van der Waals surface area contributed by atoms with E-state index in [1.165, 1.54) is 6.42 Å². The van der Waals surface area contributed by atoms with Crippen molar-refractivity contribution in [3.63, 3.8) is 0 Å². The van der Waals surface area contributed by atoms with Crippen LogP contribution in [0.5, 0.6) is 0 Å². The zero-order chi connectivity index (χ0) is 21.7. The van der Waals surface area contributed by atoms with Crippen LogP contribution in [0.2, 0.25) is 0 Å². The fourth-order valence-corrected chi connectivity index (χ4v) is 2.98. The Kier molecular flexibility index (Phi) is 12.7. The van der Waals surface area contributed by atoms with Crippen LogP contribution in [0.25, 0.3) is 0 Å². The number of pyridine rings is 1. The van der Waals surface area contributed by atoms with Gasteiger partial charge in [0.25, 0.3) is 0 Å². The number of alkyl halides is 3. The second-order valence-corrected chi connectivity index (χ2v) is 6.95. The van der Waals surface area contributed by atoms with E-state index in [0.29, 0.717) is 18.4 Å². The first-order valence-corrected chi connectivity index (χ1v) is 10.2. The molecule has 1 aromatic rings. The summed E-state index contributed by atoms with van der Waals surface area (Å²) in [5, 5.41) is 0. The highest BCUT2D eigenvalue weighted by Crippen LogP contribution is 2.37. The molecule has 0 atom stereocenters. The lowest BCUT2D eigenvalue weighted by atomic mass is 9.89. The number of carbonyl (C=O) groups is 1. The highest BCUT2D eigenvalue weighted by molar-refractivity contribution is 5.92. The first-order valence-electron chi connectivity index (χ1n) is 10.2. The third kappa shape index (κ3) is 9.53. The molecule has 0 spiro atoms. The zero-order valence-electron chi connectivity index (χ0n) is 17.9. The second kappa shape index (κ2) is 13.5. The molecule has 1 amide bonds. The Balaban J connectivity index is 0.000000434. The van der Waals surface area contributed by atoms with Crippen molar-refractivity contribution in [3.05, 3.63) is 29.1 Å². The van der Waals surface area contributed by atoms with E-state index >= 15 is 0 Å². The van der Waals surface area contributed by atoms with Crippen LogP contribution in [0, 0.1) is 5.92 Å². The predicted octanol–water partition coefficient (Wildman–Crippen LogP) is 5.70. The number of halogens is 3. The third-order valence-electron chi connectivity index (χ3n) is 4.27. The van der Waals surface area contributed by atoms with Crippen LogP contribution < -0.4 is 5.73 Å². The summed E-state index contributed by atoms with van der Waals surface area (Å²) in [6.45, 7) is 9.96. The van der Waals surface area contributed by atoms with E-state index < -0.39 is 18.0 Å². The SMILES string of the molecule is CC.CCC.CN1Cc2cc(C(N)=O)cnc2C1.FC(F)(F)C1CCCCC1. The summed E-state index contributed by atoms with van der Waals surface area (Å²) in [6.07, 6.45) is 2.05. The van der Waals surface area contributed by atoms with Gasteiger partial charge in [0, 0.05) is 19.3 Å². The smallest absolute Gasteiger partial charge is 0.366 e. The van der Waals surface area contributed by atoms with Crippen LogP contribution >= 0.6 is 0 Å². The number of nitrogens with two attached hydrogens (primary N) is 1. The Morgan fingerprint density at radius 1 is 1.18 bits per heavy atom. The summed E-state index contributed by atoms with van der Waals surface area (Å²) in [4.78, 5) is 17.2. The van der Waals surface area contributed by atoms with Gasteiger partial charge in [-0.1, -0.05) is 53.4 Å². The third-order valence-corrected chi connectivity index (χ3v) is 4.27. The standard InChI is InChI=1S/C9H11N3O.C7H11F3.C3H8.C2H6/c1-12-4-7-2-6(9(10)13)3-11-8(7)5-12;8-7(9,10)6-4-2-1-3-5-6;1-3-2;1-2/h2-3H,4-5H2,1H3,(H2,10,13);6H,1-5H2;3H2,1-2H3;1-2H3. The quantitative estimate of drug-likeness (QED) is 0.654. The topological polar surface area (TPSA) is 59.2 Å². The summed E-state index contributed by atoms with van der Waals surface area (Å²) < 4.78 is 35.8. The summed E-state index contributed by atoms with van der Waals surface area (Å²) >= 11 is 0. The van der Waals surface area contributed by atoms with Gasteiger partial charge in [0.05, 0.1) is 17.2 Å². The fraction of sp³-hybridized carbons (Fsp3) is 0.714.